The van der Waals surface area contributed by atoms with Gasteiger partial charge in [-0.1, -0.05) is 29.8 Å². The van der Waals surface area contributed by atoms with Gasteiger partial charge in [0.25, 0.3) is 0 Å². The minimum atomic E-state index is 0.0213. The molecule has 20 heavy (non-hydrogen) atoms. The summed E-state index contributed by atoms with van der Waals surface area (Å²) < 4.78 is 2.00. The third kappa shape index (κ3) is 1.38. The Hall–Kier alpha value is -2.26. The van der Waals surface area contributed by atoms with E-state index in [4.69, 9.17) is 11.6 Å². The van der Waals surface area contributed by atoms with Crippen molar-refractivity contribution in [3.8, 4) is 0 Å². The number of hydrogen-bond acceptors (Lipinski definition) is 1. The lowest BCUT2D eigenvalue weighted by Gasteiger charge is -2.07. The Balaban J connectivity index is 2.40. The predicted molar refractivity (Wildman–Crippen MR) is 83.6 cm³/mol. The van der Waals surface area contributed by atoms with Gasteiger partial charge in [0.05, 0.1) is 10.9 Å². The first-order valence-electron chi connectivity index (χ1n) is 6.35. The summed E-state index contributed by atoms with van der Waals surface area (Å²) in [5, 5.41) is 2.90. The summed E-state index contributed by atoms with van der Waals surface area (Å²) in [4.78, 5) is 16.1. The molecule has 0 atom stereocenters. The molecule has 0 unspecified atom stereocenters. The molecular weight excluding hydrogens is 272 g/mol. The van der Waals surface area contributed by atoms with Gasteiger partial charge in [0, 0.05) is 28.4 Å². The van der Waals surface area contributed by atoms with Crippen molar-refractivity contribution in [1.82, 2.24) is 9.55 Å². The van der Waals surface area contributed by atoms with Crippen LogP contribution < -0.4 is 5.43 Å². The first-order valence-corrected chi connectivity index (χ1v) is 6.73. The van der Waals surface area contributed by atoms with E-state index in [9.17, 15) is 4.79 Å². The van der Waals surface area contributed by atoms with Crippen molar-refractivity contribution in [2.75, 3.05) is 0 Å². The number of fused-ring (bicyclic) bond motifs is 4. The monoisotopic (exact) mass is 282 g/mol. The normalized spacial score (nSPS) is 11.7. The molecule has 0 aliphatic rings. The fraction of sp³-hybridized carbons (Fsp3) is 0.0625. The predicted octanol–water partition coefficient (Wildman–Crippen LogP) is 3.83. The van der Waals surface area contributed by atoms with Gasteiger partial charge in [0.15, 0.2) is 5.43 Å². The molecule has 0 saturated heterocycles. The second kappa shape index (κ2) is 3.87. The summed E-state index contributed by atoms with van der Waals surface area (Å²) in [5.41, 5.74) is 2.70. The minimum Gasteiger partial charge on any atom is -0.340 e. The fourth-order valence-corrected chi connectivity index (χ4v) is 3.02. The lowest BCUT2D eigenvalue weighted by Crippen LogP contribution is -2.08. The van der Waals surface area contributed by atoms with E-state index < -0.39 is 0 Å². The number of H-pyrrole nitrogens is 1. The van der Waals surface area contributed by atoms with Crippen LogP contribution >= 0.6 is 11.6 Å². The van der Waals surface area contributed by atoms with Crippen molar-refractivity contribution in [3.63, 3.8) is 0 Å². The van der Waals surface area contributed by atoms with Crippen molar-refractivity contribution in [2.45, 2.75) is 0 Å². The average Bonchev–Trinajstić information content (AvgIpc) is 2.84. The molecule has 2 aromatic heterocycles. The van der Waals surface area contributed by atoms with Crippen molar-refractivity contribution in [1.29, 1.82) is 0 Å². The lowest BCUT2D eigenvalue weighted by molar-refractivity contribution is 0.985. The third-order valence-electron chi connectivity index (χ3n) is 3.81. The Kier molecular flexibility index (Phi) is 2.24. The number of hydrogen-bond donors (Lipinski definition) is 1. The number of benzene rings is 2. The molecule has 0 bridgehead atoms. The zero-order valence-electron chi connectivity index (χ0n) is 10.8. The van der Waals surface area contributed by atoms with E-state index in [0.717, 1.165) is 27.5 Å². The maximum Gasteiger partial charge on any atom is 0.199 e. The Morgan fingerprint density at radius 1 is 1.10 bits per heavy atom. The molecule has 4 heteroatoms. The van der Waals surface area contributed by atoms with Gasteiger partial charge in [-0.15, -0.1) is 0 Å². The minimum absolute atomic E-state index is 0.0213. The number of aryl methyl sites for hydroxylation is 1. The zero-order chi connectivity index (χ0) is 13.9. The van der Waals surface area contributed by atoms with E-state index in [1.807, 2.05) is 41.9 Å². The van der Waals surface area contributed by atoms with Crippen LogP contribution in [0.5, 0.6) is 0 Å². The molecule has 1 N–H and O–H groups in total. The number of aromatic nitrogens is 2. The van der Waals surface area contributed by atoms with Crippen LogP contribution in [0, 0.1) is 0 Å². The van der Waals surface area contributed by atoms with Gasteiger partial charge in [0.1, 0.15) is 5.65 Å². The number of aromatic amines is 1. The van der Waals surface area contributed by atoms with Gasteiger partial charge in [-0.25, -0.2) is 0 Å². The molecule has 2 aromatic carbocycles. The first kappa shape index (κ1) is 11.6. The van der Waals surface area contributed by atoms with Crippen LogP contribution in [0.25, 0.3) is 32.8 Å². The fourth-order valence-electron chi connectivity index (χ4n) is 2.85. The molecule has 2 heterocycles. The highest BCUT2D eigenvalue weighted by Gasteiger charge is 2.13. The molecule has 3 nitrogen and oxygen atoms in total. The first-order chi connectivity index (χ1) is 9.66. The number of para-hydroxylation sites is 1. The van der Waals surface area contributed by atoms with Gasteiger partial charge >= 0.3 is 0 Å². The van der Waals surface area contributed by atoms with Gasteiger partial charge in [-0.2, -0.15) is 0 Å². The number of halogens is 1. The quantitative estimate of drug-likeness (QED) is 0.523. The summed E-state index contributed by atoms with van der Waals surface area (Å²) >= 11 is 6.03. The average molecular weight is 283 g/mol. The van der Waals surface area contributed by atoms with E-state index in [1.165, 1.54) is 0 Å². The topological polar surface area (TPSA) is 37.8 Å². The van der Waals surface area contributed by atoms with Gasteiger partial charge in [0.2, 0.25) is 0 Å². The molecule has 0 amide bonds. The summed E-state index contributed by atoms with van der Waals surface area (Å²) in [6.07, 6.45) is 0. The lowest BCUT2D eigenvalue weighted by atomic mass is 10.1. The second-order valence-electron chi connectivity index (χ2n) is 4.94. The van der Waals surface area contributed by atoms with Crippen LogP contribution in [0.1, 0.15) is 0 Å². The Morgan fingerprint density at radius 2 is 1.90 bits per heavy atom. The Bertz CT molecular complexity index is 1040. The van der Waals surface area contributed by atoms with Crippen LogP contribution in [-0.4, -0.2) is 9.55 Å². The Morgan fingerprint density at radius 3 is 2.75 bits per heavy atom. The van der Waals surface area contributed by atoms with Crippen LogP contribution in [0.15, 0.2) is 47.3 Å². The second-order valence-corrected chi connectivity index (χ2v) is 5.38. The number of nitrogens with zero attached hydrogens (tertiary/aromatic N) is 1. The standard InChI is InChI=1S/C16H11ClN2O/c1-19-13-7-6-9(17)8-11(13)15(20)14-10-4-2-3-5-12(10)18-16(14)19/h2-8,18H,1H3. The van der Waals surface area contributed by atoms with Crippen LogP contribution in [0.3, 0.4) is 0 Å². The van der Waals surface area contributed by atoms with Crippen molar-refractivity contribution < 1.29 is 0 Å². The van der Waals surface area contributed by atoms with Crippen molar-refractivity contribution in [3.05, 3.63) is 57.7 Å². The maximum atomic E-state index is 12.8. The molecule has 4 rings (SSSR count). The molecule has 0 radical (unpaired) electrons. The number of nitrogens with one attached hydrogen (secondary N) is 1. The molecule has 4 aromatic rings. The summed E-state index contributed by atoms with van der Waals surface area (Å²) in [7, 11) is 1.95. The van der Waals surface area contributed by atoms with Crippen LogP contribution in [0.4, 0.5) is 0 Å². The van der Waals surface area contributed by atoms with Crippen LogP contribution in [0.2, 0.25) is 5.02 Å². The highest BCUT2D eigenvalue weighted by Crippen LogP contribution is 2.26. The van der Waals surface area contributed by atoms with E-state index in [1.54, 1.807) is 12.1 Å². The third-order valence-corrected chi connectivity index (χ3v) is 4.05. The summed E-state index contributed by atoms with van der Waals surface area (Å²) in [5.74, 6) is 0. The van der Waals surface area contributed by atoms with E-state index in [-0.39, 0.29) is 5.43 Å². The molecule has 0 saturated carbocycles. The molecule has 0 aliphatic heterocycles. The molecule has 98 valence electrons. The highest BCUT2D eigenvalue weighted by molar-refractivity contribution is 6.31. The van der Waals surface area contributed by atoms with Crippen molar-refractivity contribution >= 4 is 44.4 Å². The molecule has 0 fully saturated rings. The van der Waals surface area contributed by atoms with E-state index in [2.05, 4.69) is 4.98 Å². The van der Waals surface area contributed by atoms with Gasteiger partial charge in [-0.3, -0.25) is 4.79 Å². The SMILES string of the molecule is Cn1c2ccc(Cl)cc2c(=O)c2c3ccccc3[nH]c21. The molecular formula is C16H11ClN2O. The van der Waals surface area contributed by atoms with Gasteiger partial charge < -0.3 is 9.55 Å². The number of rotatable bonds is 0. The smallest absolute Gasteiger partial charge is 0.199 e. The molecule has 0 spiro atoms. The van der Waals surface area contributed by atoms with Crippen molar-refractivity contribution in [2.24, 2.45) is 7.05 Å². The largest absolute Gasteiger partial charge is 0.340 e. The summed E-state index contributed by atoms with van der Waals surface area (Å²) in [6, 6.07) is 13.3. The van der Waals surface area contributed by atoms with Gasteiger partial charge in [-0.05, 0) is 24.3 Å². The maximum absolute atomic E-state index is 12.8. The molecule has 0 aliphatic carbocycles. The van der Waals surface area contributed by atoms with E-state index >= 15 is 0 Å². The zero-order valence-corrected chi connectivity index (χ0v) is 11.5. The van der Waals surface area contributed by atoms with E-state index in [0.29, 0.717) is 10.4 Å². The highest BCUT2D eigenvalue weighted by atomic mass is 35.5. The number of pyridine rings is 1. The summed E-state index contributed by atoms with van der Waals surface area (Å²) in [6.45, 7) is 0. The Labute approximate surface area is 119 Å². The van der Waals surface area contributed by atoms with Crippen LogP contribution in [-0.2, 0) is 7.05 Å².